The maximum atomic E-state index is 11.8. The number of allylic oxidation sites excluding steroid dienone is 1. The summed E-state index contributed by atoms with van der Waals surface area (Å²) in [4.78, 5) is 0. The number of methoxy groups -OCH3 is 1. The normalized spacial score (nSPS) is 29.7. The van der Waals surface area contributed by atoms with Crippen molar-refractivity contribution in [1.29, 1.82) is 0 Å². The molecule has 0 unspecified atom stereocenters. The third kappa shape index (κ3) is 7.92. The van der Waals surface area contributed by atoms with Gasteiger partial charge in [-0.1, -0.05) is 44.6 Å². The molecule has 0 N–H and O–H groups in total. The highest BCUT2D eigenvalue weighted by molar-refractivity contribution is 7.86. The topological polar surface area (TPSA) is 80.3 Å². The van der Waals surface area contributed by atoms with Crippen molar-refractivity contribution in [3.63, 3.8) is 0 Å². The highest BCUT2D eigenvalue weighted by Crippen LogP contribution is 2.41. The molecule has 7 nitrogen and oxygen atoms in total. The zero-order valence-corrected chi connectivity index (χ0v) is 19.1. The molecule has 0 aromatic heterocycles. The second kappa shape index (κ2) is 11.2. The second-order valence-corrected chi connectivity index (χ2v) is 10.0. The van der Waals surface area contributed by atoms with Crippen molar-refractivity contribution in [2.45, 2.75) is 108 Å². The summed E-state index contributed by atoms with van der Waals surface area (Å²) in [5, 5.41) is 0. The van der Waals surface area contributed by atoms with Crippen molar-refractivity contribution in [2.75, 3.05) is 13.4 Å². The summed E-state index contributed by atoms with van der Waals surface area (Å²) in [6.07, 6.45) is 9.97. The maximum absolute atomic E-state index is 11.8. The lowest BCUT2D eigenvalue weighted by molar-refractivity contribution is -0.235. The molecule has 170 valence electrons. The van der Waals surface area contributed by atoms with Crippen LogP contribution in [0.3, 0.4) is 0 Å². The molecule has 0 spiro atoms. The average molecular weight is 435 g/mol. The molecule has 2 heterocycles. The molecular formula is C21H38O7S. The first-order valence-electron chi connectivity index (χ1n) is 10.7. The van der Waals surface area contributed by atoms with Gasteiger partial charge in [-0.3, -0.25) is 4.18 Å². The molecule has 0 amide bonds. The number of hydrogen-bond acceptors (Lipinski definition) is 7. The summed E-state index contributed by atoms with van der Waals surface area (Å²) in [6, 6.07) is 0. The maximum Gasteiger partial charge on any atom is 0.264 e. The Balaban J connectivity index is 1.87. The molecule has 8 heteroatoms. The van der Waals surface area contributed by atoms with Gasteiger partial charge in [-0.15, -0.1) is 6.58 Å². The summed E-state index contributed by atoms with van der Waals surface area (Å²) < 4.78 is 52.3. The zero-order chi connectivity index (χ0) is 21.5. The van der Waals surface area contributed by atoms with Crippen molar-refractivity contribution >= 4 is 10.1 Å². The molecule has 2 fully saturated rings. The van der Waals surface area contributed by atoms with Crippen LogP contribution in [0.5, 0.6) is 0 Å². The smallest absolute Gasteiger partial charge is 0.264 e. The van der Waals surface area contributed by atoms with E-state index in [0.717, 1.165) is 31.9 Å². The molecule has 0 saturated carbocycles. The van der Waals surface area contributed by atoms with Crippen molar-refractivity contribution in [2.24, 2.45) is 0 Å². The first-order chi connectivity index (χ1) is 13.7. The Bertz CT molecular complexity index is 604. The summed E-state index contributed by atoms with van der Waals surface area (Å²) in [5.41, 5.74) is 0. The van der Waals surface area contributed by atoms with Crippen LogP contribution in [0.25, 0.3) is 0 Å². The van der Waals surface area contributed by atoms with Gasteiger partial charge in [0.1, 0.15) is 24.4 Å². The third-order valence-electron chi connectivity index (χ3n) is 5.34. The van der Waals surface area contributed by atoms with Gasteiger partial charge in [0.25, 0.3) is 10.1 Å². The van der Waals surface area contributed by atoms with Gasteiger partial charge in [0, 0.05) is 7.11 Å². The van der Waals surface area contributed by atoms with E-state index in [0.29, 0.717) is 6.42 Å². The summed E-state index contributed by atoms with van der Waals surface area (Å²) in [7, 11) is -2.09. The SMILES string of the molecule is C=CCCCCCCCCC[C@@H](OS(C)(=O)=O)[C@H]1O[C@H](OC)[C@H]2OC(C)(C)O[C@H]21. The average Bonchev–Trinajstić information content (AvgIpc) is 3.11. The van der Waals surface area contributed by atoms with Gasteiger partial charge in [-0.25, -0.2) is 0 Å². The number of ether oxygens (including phenoxy) is 4. The number of hydrogen-bond donors (Lipinski definition) is 0. The van der Waals surface area contributed by atoms with Crippen LogP contribution >= 0.6 is 0 Å². The summed E-state index contributed by atoms with van der Waals surface area (Å²) >= 11 is 0. The highest BCUT2D eigenvalue weighted by atomic mass is 32.2. The molecule has 0 aliphatic carbocycles. The van der Waals surface area contributed by atoms with Gasteiger partial charge >= 0.3 is 0 Å². The van der Waals surface area contributed by atoms with Crippen LogP contribution < -0.4 is 0 Å². The minimum atomic E-state index is -3.63. The molecule has 2 saturated heterocycles. The highest BCUT2D eigenvalue weighted by Gasteiger charge is 2.58. The first kappa shape index (κ1) is 24.8. The largest absolute Gasteiger partial charge is 0.353 e. The summed E-state index contributed by atoms with van der Waals surface area (Å²) in [6.45, 7) is 7.40. The van der Waals surface area contributed by atoms with Gasteiger partial charge in [-0.05, 0) is 33.1 Å². The van der Waals surface area contributed by atoms with E-state index in [1.54, 1.807) is 7.11 Å². The Kier molecular flexibility index (Phi) is 9.57. The van der Waals surface area contributed by atoms with Gasteiger partial charge < -0.3 is 18.9 Å². The van der Waals surface area contributed by atoms with Crippen molar-refractivity contribution in [3.8, 4) is 0 Å². The number of rotatable bonds is 14. The Hall–Kier alpha value is -0.510. The zero-order valence-electron chi connectivity index (χ0n) is 18.3. The molecule has 5 atom stereocenters. The fourth-order valence-electron chi connectivity index (χ4n) is 4.09. The minimum Gasteiger partial charge on any atom is -0.353 e. The predicted octanol–water partition coefficient (Wildman–Crippen LogP) is 3.92. The lowest BCUT2D eigenvalue weighted by Gasteiger charge is -2.28. The minimum absolute atomic E-state index is 0.402. The predicted molar refractivity (Wildman–Crippen MR) is 111 cm³/mol. The molecule has 2 aliphatic rings. The van der Waals surface area contributed by atoms with Crippen LogP contribution in [-0.2, 0) is 33.2 Å². The van der Waals surface area contributed by atoms with Gasteiger partial charge in [-0.2, -0.15) is 8.42 Å². The molecular weight excluding hydrogens is 396 g/mol. The van der Waals surface area contributed by atoms with Crippen molar-refractivity contribution in [3.05, 3.63) is 12.7 Å². The quantitative estimate of drug-likeness (QED) is 0.233. The standard InChI is InChI=1S/C21H38O7S/c1-6-7-8-9-10-11-12-13-14-15-16(28-29(5,22)23)17-18-19(20(24-4)25-17)27-21(2,3)26-18/h6,16-20H,1,7-15H2,2-5H3/t16-,17-,18+,19+,20+/m1/s1. The molecule has 29 heavy (non-hydrogen) atoms. The van der Waals surface area contributed by atoms with Crippen LogP contribution in [0.15, 0.2) is 12.7 Å². The molecule has 0 aromatic rings. The van der Waals surface area contributed by atoms with Gasteiger partial charge in [0.15, 0.2) is 12.1 Å². The number of fused-ring (bicyclic) bond motifs is 1. The molecule has 2 aliphatic heterocycles. The first-order valence-corrected chi connectivity index (χ1v) is 12.5. The fourth-order valence-corrected chi connectivity index (χ4v) is 4.74. The lowest BCUT2D eigenvalue weighted by atomic mass is 10.00. The van der Waals surface area contributed by atoms with E-state index >= 15 is 0 Å². The molecule has 0 radical (unpaired) electrons. The van der Waals surface area contributed by atoms with Crippen LogP contribution in [0.4, 0.5) is 0 Å². The van der Waals surface area contributed by atoms with Gasteiger partial charge in [0.05, 0.1) is 6.26 Å². The van der Waals surface area contributed by atoms with Crippen molar-refractivity contribution < 1.29 is 31.5 Å². The monoisotopic (exact) mass is 434 g/mol. The van der Waals surface area contributed by atoms with E-state index in [1.807, 2.05) is 19.9 Å². The van der Waals surface area contributed by atoms with Crippen molar-refractivity contribution in [1.82, 2.24) is 0 Å². The van der Waals surface area contributed by atoms with Crippen LogP contribution in [0.2, 0.25) is 0 Å². The van der Waals surface area contributed by atoms with E-state index in [9.17, 15) is 8.42 Å². The van der Waals surface area contributed by atoms with Gasteiger partial charge in [0.2, 0.25) is 0 Å². The Morgan fingerprint density at radius 1 is 1.03 bits per heavy atom. The van der Waals surface area contributed by atoms with Crippen LogP contribution in [-0.4, -0.2) is 58.3 Å². The van der Waals surface area contributed by atoms with E-state index in [-0.39, 0.29) is 0 Å². The Morgan fingerprint density at radius 2 is 1.62 bits per heavy atom. The van der Waals surface area contributed by atoms with E-state index in [4.69, 9.17) is 23.1 Å². The fraction of sp³-hybridized carbons (Fsp3) is 0.905. The molecule has 0 aromatic carbocycles. The van der Waals surface area contributed by atoms with E-state index < -0.39 is 46.6 Å². The third-order valence-corrected chi connectivity index (χ3v) is 5.94. The Morgan fingerprint density at radius 3 is 2.21 bits per heavy atom. The van der Waals surface area contributed by atoms with E-state index in [2.05, 4.69) is 6.58 Å². The Labute approximate surface area is 176 Å². The lowest BCUT2D eigenvalue weighted by Crippen LogP contribution is -2.41. The van der Waals surface area contributed by atoms with E-state index in [1.165, 1.54) is 25.7 Å². The van der Waals surface area contributed by atoms with Crippen LogP contribution in [0.1, 0.15) is 71.6 Å². The second-order valence-electron chi connectivity index (χ2n) is 8.45. The molecule has 0 bridgehead atoms. The summed E-state index contributed by atoms with van der Waals surface area (Å²) in [5.74, 6) is -0.768. The number of unbranched alkanes of at least 4 members (excludes halogenated alkanes) is 7. The van der Waals surface area contributed by atoms with Crippen LogP contribution in [0, 0.1) is 0 Å². The molecule has 2 rings (SSSR count).